The van der Waals surface area contributed by atoms with Gasteiger partial charge in [-0.05, 0) is 89.8 Å². The highest BCUT2D eigenvalue weighted by Gasteiger charge is 2.54. The lowest BCUT2D eigenvalue weighted by Crippen LogP contribution is -2.46. The van der Waals surface area contributed by atoms with Crippen LogP contribution in [0.1, 0.15) is 109 Å². The molecule has 0 amide bonds. The molecule has 44 heavy (non-hydrogen) atoms. The van der Waals surface area contributed by atoms with Gasteiger partial charge in [-0.2, -0.15) is 0 Å². The molecule has 7 rings (SSSR count). The molecule has 0 radical (unpaired) electrons. The maximum Gasteiger partial charge on any atom is 0.0757 e. The van der Waals surface area contributed by atoms with Crippen molar-refractivity contribution in [2.45, 2.75) is 95.5 Å². The third-order valence-corrected chi connectivity index (χ3v) is 16.2. The van der Waals surface area contributed by atoms with E-state index in [2.05, 4.69) is 132 Å². The fourth-order valence-electron chi connectivity index (χ4n) is 9.01. The van der Waals surface area contributed by atoms with E-state index in [-0.39, 0.29) is 5.60 Å². The molecular formula is C42H48OSi. The number of benzene rings is 4. The highest BCUT2D eigenvalue weighted by molar-refractivity contribution is 6.83. The van der Waals surface area contributed by atoms with Crippen LogP contribution in [-0.2, 0) is 4.74 Å². The Morgan fingerprint density at radius 1 is 0.636 bits per heavy atom. The van der Waals surface area contributed by atoms with E-state index in [0.717, 1.165) is 13.0 Å². The molecule has 4 aromatic carbocycles. The Morgan fingerprint density at radius 2 is 1.20 bits per heavy atom. The van der Waals surface area contributed by atoms with Gasteiger partial charge in [-0.15, -0.1) is 0 Å². The summed E-state index contributed by atoms with van der Waals surface area (Å²) >= 11 is 0. The molecule has 3 aliphatic rings. The van der Waals surface area contributed by atoms with E-state index in [1.807, 2.05) is 0 Å². The van der Waals surface area contributed by atoms with Crippen molar-refractivity contribution < 1.29 is 4.74 Å². The number of aryl methyl sites for hydroxylation is 1. The second-order valence-electron chi connectivity index (χ2n) is 14.9. The van der Waals surface area contributed by atoms with Gasteiger partial charge in [0, 0.05) is 23.6 Å². The number of fused-ring (bicyclic) bond motifs is 7. The normalized spacial score (nSPS) is 19.8. The Labute approximate surface area is 266 Å². The van der Waals surface area contributed by atoms with E-state index >= 15 is 0 Å². The van der Waals surface area contributed by atoms with Gasteiger partial charge in [-0.3, -0.25) is 0 Å². The first-order valence-electron chi connectivity index (χ1n) is 17.0. The largest absolute Gasteiger partial charge is 0.376 e. The maximum absolute atomic E-state index is 6.06. The lowest BCUT2D eigenvalue weighted by molar-refractivity contribution is -0.00471. The molecule has 1 nitrogen and oxygen atoms in total. The highest BCUT2D eigenvalue weighted by atomic mass is 28.3. The van der Waals surface area contributed by atoms with Gasteiger partial charge >= 0.3 is 0 Å². The number of hydrogen-bond donors (Lipinski definition) is 0. The summed E-state index contributed by atoms with van der Waals surface area (Å²) in [6.45, 7) is 14.9. The fraction of sp³-hybridized carbons (Fsp3) is 0.381. The third-order valence-electron chi connectivity index (χ3n) is 10.8. The Morgan fingerprint density at radius 3 is 1.84 bits per heavy atom. The van der Waals surface area contributed by atoms with Gasteiger partial charge in [0.15, 0.2) is 0 Å². The van der Waals surface area contributed by atoms with E-state index < -0.39 is 8.07 Å². The maximum atomic E-state index is 6.06. The van der Waals surface area contributed by atoms with Crippen LogP contribution in [0, 0.1) is 6.92 Å². The Hall–Kier alpha value is -3.20. The molecule has 0 aliphatic heterocycles. The molecular weight excluding hydrogens is 549 g/mol. The van der Waals surface area contributed by atoms with Crippen molar-refractivity contribution in [2.75, 3.05) is 6.61 Å². The predicted octanol–water partition coefficient (Wildman–Crippen LogP) is 11.4. The first kappa shape index (κ1) is 29.5. The average molecular weight is 597 g/mol. The Bertz CT molecular complexity index is 1690. The Balaban J connectivity index is 1.32. The van der Waals surface area contributed by atoms with Gasteiger partial charge in [0.25, 0.3) is 0 Å². The summed E-state index contributed by atoms with van der Waals surface area (Å²) in [7, 11) is -2.10. The minimum absolute atomic E-state index is 0.0515. The summed E-state index contributed by atoms with van der Waals surface area (Å²) < 4.78 is 6.06. The molecule has 3 unspecified atom stereocenters. The van der Waals surface area contributed by atoms with Crippen molar-refractivity contribution in [3.8, 4) is 11.1 Å². The lowest BCUT2D eigenvalue weighted by Gasteiger charge is -2.43. The summed E-state index contributed by atoms with van der Waals surface area (Å²) in [4.78, 5) is 0. The second kappa shape index (κ2) is 11.3. The van der Waals surface area contributed by atoms with Gasteiger partial charge in [0.1, 0.15) is 0 Å². The number of hydrogen-bond acceptors (Lipinski definition) is 1. The van der Waals surface area contributed by atoms with Crippen LogP contribution in [0.15, 0.2) is 96.6 Å². The summed E-state index contributed by atoms with van der Waals surface area (Å²) in [5.41, 5.74) is 17.8. The van der Waals surface area contributed by atoms with Gasteiger partial charge < -0.3 is 4.74 Å². The number of rotatable bonds is 9. The first-order valence-corrected chi connectivity index (χ1v) is 19.8. The molecule has 0 spiro atoms. The van der Waals surface area contributed by atoms with Gasteiger partial charge in [-0.1, -0.05) is 135 Å². The van der Waals surface area contributed by atoms with Crippen LogP contribution in [0.25, 0.3) is 16.7 Å². The van der Waals surface area contributed by atoms with Crippen LogP contribution in [-0.4, -0.2) is 20.3 Å². The smallest absolute Gasteiger partial charge is 0.0757 e. The molecule has 226 valence electrons. The van der Waals surface area contributed by atoms with Crippen LogP contribution in [0.5, 0.6) is 0 Å². The van der Waals surface area contributed by atoms with Crippen LogP contribution in [0.3, 0.4) is 0 Å². The second-order valence-corrected chi connectivity index (χ2v) is 19.6. The first-order chi connectivity index (χ1) is 21.2. The molecule has 0 saturated heterocycles. The minimum atomic E-state index is -2.10. The monoisotopic (exact) mass is 596 g/mol. The molecule has 0 fully saturated rings. The highest BCUT2D eigenvalue weighted by Crippen LogP contribution is 2.63. The van der Waals surface area contributed by atoms with Crippen molar-refractivity contribution >= 4 is 13.6 Å². The minimum Gasteiger partial charge on any atom is -0.376 e. The quantitative estimate of drug-likeness (QED) is 0.138. The lowest BCUT2D eigenvalue weighted by atomic mass is 9.92. The summed E-state index contributed by atoms with van der Waals surface area (Å²) in [5.74, 6) is 0.450. The van der Waals surface area contributed by atoms with E-state index in [4.69, 9.17) is 4.74 Å². The zero-order valence-electron chi connectivity index (χ0n) is 27.5. The van der Waals surface area contributed by atoms with Crippen molar-refractivity contribution in [1.29, 1.82) is 0 Å². The summed E-state index contributed by atoms with van der Waals surface area (Å²) in [6.07, 6.45) is 4.97. The van der Waals surface area contributed by atoms with E-state index in [1.54, 1.807) is 27.8 Å². The van der Waals surface area contributed by atoms with Crippen LogP contribution >= 0.6 is 0 Å². The number of unbranched alkanes of at least 4 members (excludes halogenated alkanes) is 3. The van der Waals surface area contributed by atoms with E-state index in [1.165, 1.54) is 58.7 Å². The molecule has 2 heteroatoms. The van der Waals surface area contributed by atoms with Crippen LogP contribution < -0.4 is 0 Å². The van der Waals surface area contributed by atoms with Crippen molar-refractivity contribution in [2.24, 2.45) is 0 Å². The molecule has 0 heterocycles. The van der Waals surface area contributed by atoms with Crippen molar-refractivity contribution in [1.82, 2.24) is 0 Å². The summed E-state index contributed by atoms with van der Waals surface area (Å²) in [6, 6.07) is 36.7. The standard InChI is InChI=1S/C42H48OSi/c1-28-23-24-30-29(2)38-39(37(30)27-28)33-19-11-14-22-36(33)41(38)44(6,26-16-8-7-15-25-43-42(3,4)5)40-34-20-12-9-17-31(34)32-18-10-13-21-35(32)40/h9-14,17-24,27,29,40-41H,7-8,15-16,25-26H2,1-6H3. The molecule has 3 atom stereocenters. The predicted molar refractivity (Wildman–Crippen MR) is 189 cm³/mol. The number of allylic oxidation sites excluding steroid dienone is 1. The van der Waals surface area contributed by atoms with Gasteiger partial charge in [0.2, 0.25) is 0 Å². The third kappa shape index (κ3) is 4.86. The molecule has 4 aromatic rings. The van der Waals surface area contributed by atoms with Gasteiger partial charge in [0.05, 0.1) is 13.7 Å². The molecule has 0 N–H and O–H groups in total. The summed E-state index contributed by atoms with van der Waals surface area (Å²) in [5, 5.41) is 0. The average Bonchev–Trinajstić information content (AvgIpc) is 3.62. The SMILES string of the molecule is Cc1ccc2c(c1)C1=C(C2C)C([Si](C)(CCCCCCOC(C)(C)C)C2c3ccccc3-c3ccccc32)c2ccccc21. The molecule has 0 bridgehead atoms. The van der Waals surface area contributed by atoms with E-state index in [9.17, 15) is 0 Å². The fourth-order valence-corrected chi connectivity index (χ4v) is 14.9. The van der Waals surface area contributed by atoms with Crippen LogP contribution in [0.2, 0.25) is 12.6 Å². The number of ether oxygens (including phenoxy) is 1. The van der Waals surface area contributed by atoms with Crippen molar-refractivity contribution in [3.05, 3.63) is 136 Å². The molecule has 0 aromatic heterocycles. The van der Waals surface area contributed by atoms with E-state index in [0.29, 0.717) is 17.0 Å². The topological polar surface area (TPSA) is 9.23 Å². The van der Waals surface area contributed by atoms with Gasteiger partial charge in [-0.25, -0.2) is 0 Å². The van der Waals surface area contributed by atoms with Crippen LogP contribution in [0.4, 0.5) is 0 Å². The molecule has 0 saturated carbocycles. The van der Waals surface area contributed by atoms with Crippen molar-refractivity contribution in [3.63, 3.8) is 0 Å². The Kier molecular flexibility index (Phi) is 7.58. The zero-order chi connectivity index (χ0) is 30.6. The zero-order valence-corrected chi connectivity index (χ0v) is 28.5. The molecule has 3 aliphatic carbocycles.